The SMILES string of the molecule is CC1(NCc2ccc3c(c2)CCN3)CCOC1. The van der Waals surface area contributed by atoms with Crippen LogP contribution in [-0.2, 0) is 17.7 Å². The first-order chi connectivity index (χ1) is 8.25. The van der Waals surface area contributed by atoms with Gasteiger partial charge in [-0.05, 0) is 37.0 Å². The molecule has 2 aliphatic rings. The van der Waals surface area contributed by atoms with Crippen LogP contribution in [0.3, 0.4) is 0 Å². The lowest BCUT2D eigenvalue weighted by Gasteiger charge is -2.23. The second-order valence-corrected chi connectivity index (χ2v) is 5.39. The van der Waals surface area contributed by atoms with E-state index in [0.717, 1.165) is 39.1 Å². The molecule has 92 valence electrons. The molecule has 3 heteroatoms. The van der Waals surface area contributed by atoms with Crippen LogP contribution in [0.1, 0.15) is 24.5 Å². The average molecular weight is 232 g/mol. The quantitative estimate of drug-likeness (QED) is 0.835. The topological polar surface area (TPSA) is 33.3 Å². The van der Waals surface area contributed by atoms with Crippen molar-refractivity contribution in [3.05, 3.63) is 29.3 Å². The summed E-state index contributed by atoms with van der Waals surface area (Å²) in [5, 5.41) is 7.01. The fourth-order valence-electron chi connectivity index (χ4n) is 2.59. The van der Waals surface area contributed by atoms with Gasteiger partial charge in [0, 0.05) is 30.9 Å². The Morgan fingerprint density at radius 3 is 3.24 bits per heavy atom. The third-order valence-electron chi connectivity index (χ3n) is 3.82. The van der Waals surface area contributed by atoms with Crippen molar-refractivity contribution in [2.75, 3.05) is 25.1 Å². The number of anilines is 1. The van der Waals surface area contributed by atoms with E-state index in [2.05, 4.69) is 35.8 Å². The van der Waals surface area contributed by atoms with Crippen LogP contribution >= 0.6 is 0 Å². The van der Waals surface area contributed by atoms with Gasteiger partial charge in [0.05, 0.1) is 6.61 Å². The normalized spacial score (nSPS) is 26.9. The zero-order valence-corrected chi connectivity index (χ0v) is 10.4. The van der Waals surface area contributed by atoms with E-state index in [1.54, 1.807) is 0 Å². The minimum atomic E-state index is 0.164. The van der Waals surface area contributed by atoms with Crippen LogP contribution in [-0.4, -0.2) is 25.3 Å². The highest BCUT2D eigenvalue weighted by Gasteiger charge is 2.28. The Bertz CT molecular complexity index is 411. The Kier molecular flexibility index (Phi) is 2.81. The largest absolute Gasteiger partial charge is 0.384 e. The number of benzene rings is 1. The van der Waals surface area contributed by atoms with Gasteiger partial charge in [-0.3, -0.25) is 0 Å². The van der Waals surface area contributed by atoms with Gasteiger partial charge in [0.1, 0.15) is 0 Å². The number of rotatable bonds is 3. The lowest BCUT2D eigenvalue weighted by Crippen LogP contribution is -2.42. The van der Waals surface area contributed by atoms with Crippen LogP contribution in [0.5, 0.6) is 0 Å². The average Bonchev–Trinajstić information content (AvgIpc) is 2.95. The highest BCUT2D eigenvalue weighted by atomic mass is 16.5. The number of nitrogens with one attached hydrogen (secondary N) is 2. The summed E-state index contributed by atoms with van der Waals surface area (Å²) < 4.78 is 5.45. The van der Waals surface area contributed by atoms with Gasteiger partial charge in [0.25, 0.3) is 0 Å². The van der Waals surface area contributed by atoms with Gasteiger partial charge in [-0.2, -0.15) is 0 Å². The van der Waals surface area contributed by atoms with Crippen molar-refractivity contribution in [1.29, 1.82) is 0 Å². The van der Waals surface area contributed by atoms with Crippen molar-refractivity contribution in [2.45, 2.75) is 31.8 Å². The highest BCUT2D eigenvalue weighted by molar-refractivity contribution is 5.56. The molecule has 0 saturated carbocycles. The zero-order valence-electron chi connectivity index (χ0n) is 10.4. The molecule has 1 saturated heterocycles. The van der Waals surface area contributed by atoms with Crippen LogP contribution in [0, 0.1) is 0 Å². The Labute approximate surface area is 103 Å². The highest BCUT2D eigenvalue weighted by Crippen LogP contribution is 2.24. The summed E-state index contributed by atoms with van der Waals surface area (Å²) in [6.45, 7) is 5.98. The lowest BCUT2D eigenvalue weighted by molar-refractivity contribution is 0.171. The predicted molar refractivity (Wildman–Crippen MR) is 69.3 cm³/mol. The summed E-state index contributed by atoms with van der Waals surface area (Å²) in [6, 6.07) is 6.73. The Morgan fingerprint density at radius 2 is 2.41 bits per heavy atom. The summed E-state index contributed by atoms with van der Waals surface area (Å²) in [5.41, 5.74) is 4.30. The van der Waals surface area contributed by atoms with Gasteiger partial charge in [0.15, 0.2) is 0 Å². The Morgan fingerprint density at radius 1 is 1.47 bits per heavy atom. The lowest BCUT2D eigenvalue weighted by atomic mass is 10.0. The van der Waals surface area contributed by atoms with Crippen molar-refractivity contribution >= 4 is 5.69 Å². The number of hydrogen-bond donors (Lipinski definition) is 2. The molecule has 0 aliphatic carbocycles. The maximum Gasteiger partial charge on any atom is 0.0646 e. The molecule has 0 spiro atoms. The maximum absolute atomic E-state index is 5.45. The van der Waals surface area contributed by atoms with Gasteiger partial charge in [-0.1, -0.05) is 12.1 Å². The van der Waals surface area contributed by atoms with Gasteiger partial charge in [0.2, 0.25) is 0 Å². The van der Waals surface area contributed by atoms with Crippen molar-refractivity contribution < 1.29 is 4.74 Å². The fourth-order valence-corrected chi connectivity index (χ4v) is 2.59. The first-order valence-electron chi connectivity index (χ1n) is 6.44. The van der Waals surface area contributed by atoms with Crippen LogP contribution < -0.4 is 10.6 Å². The van der Waals surface area contributed by atoms with Crippen LogP contribution in [0.15, 0.2) is 18.2 Å². The molecule has 2 heterocycles. The van der Waals surface area contributed by atoms with Crippen molar-refractivity contribution in [1.82, 2.24) is 5.32 Å². The van der Waals surface area contributed by atoms with E-state index in [-0.39, 0.29) is 5.54 Å². The molecule has 3 rings (SSSR count). The zero-order chi connectivity index (χ0) is 11.7. The van der Waals surface area contributed by atoms with Gasteiger partial charge in [-0.15, -0.1) is 0 Å². The number of fused-ring (bicyclic) bond motifs is 1. The van der Waals surface area contributed by atoms with E-state index in [0.29, 0.717) is 0 Å². The predicted octanol–water partition coefficient (Wildman–Crippen LogP) is 1.92. The smallest absolute Gasteiger partial charge is 0.0646 e. The van der Waals surface area contributed by atoms with Gasteiger partial charge >= 0.3 is 0 Å². The van der Waals surface area contributed by atoms with E-state index < -0.39 is 0 Å². The molecule has 17 heavy (non-hydrogen) atoms. The molecule has 1 aromatic carbocycles. The van der Waals surface area contributed by atoms with E-state index in [1.807, 2.05) is 0 Å². The van der Waals surface area contributed by atoms with Crippen LogP contribution in [0.4, 0.5) is 5.69 Å². The number of ether oxygens (including phenoxy) is 1. The molecule has 2 N–H and O–H groups in total. The monoisotopic (exact) mass is 232 g/mol. The van der Waals surface area contributed by atoms with Crippen LogP contribution in [0.2, 0.25) is 0 Å². The van der Waals surface area contributed by atoms with Crippen LogP contribution in [0.25, 0.3) is 0 Å². The van der Waals surface area contributed by atoms with Gasteiger partial charge in [-0.25, -0.2) is 0 Å². The molecule has 1 atom stereocenters. The third kappa shape index (κ3) is 2.31. The second kappa shape index (κ2) is 4.31. The molecule has 1 aromatic rings. The first kappa shape index (κ1) is 11.1. The Hall–Kier alpha value is -1.06. The molecule has 2 aliphatic heterocycles. The second-order valence-electron chi connectivity index (χ2n) is 5.39. The summed E-state index contributed by atoms with van der Waals surface area (Å²) in [4.78, 5) is 0. The van der Waals surface area contributed by atoms with E-state index in [4.69, 9.17) is 4.74 Å². The summed E-state index contributed by atoms with van der Waals surface area (Å²) in [6.07, 6.45) is 2.27. The molecular formula is C14H20N2O. The Balaban J connectivity index is 1.65. The van der Waals surface area contributed by atoms with E-state index in [9.17, 15) is 0 Å². The van der Waals surface area contributed by atoms with Gasteiger partial charge < -0.3 is 15.4 Å². The molecule has 3 nitrogen and oxygen atoms in total. The summed E-state index contributed by atoms with van der Waals surface area (Å²) in [7, 11) is 0. The van der Waals surface area contributed by atoms with E-state index >= 15 is 0 Å². The summed E-state index contributed by atoms with van der Waals surface area (Å²) >= 11 is 0. The minimum Gasteiger partial charge on any atom is -0.384 e. The van der Waals surface area contributed by atoms with Crippen molar-refractivity contribution in [3.63, 3.8) is 0 Å². The standard InChI is InChI=1S/C14H20N2O/c1-14(5-7-17-10-14)16-9-11-2-3-13-12(8-11)4-6-15-13/h2-3,8,15-16H,4-7,9-10H2,1H3. The minimum absolute atomic E-state index is 0.164. The van der Waals surface area contributed by atoms with E-state index in [1.165, 1.54) is 16.8 Å². The third-order valence-corrected chi connectivity index (χ3v) is 3.82. The molecule has 0 bridgehead atoms. The maximum atomic E-state index is 5.45. The van der Waals surface area contributed by atoms with Crippen molar-refractivity contribution in [3.8, 4) is 0 Å². The molecule has 0 radical (unpaired) electrons. The molecule has 1 fully saturated rings. The fraction of sp³-hybridized carbons (Fsp3) is 0.571. The van der Waals surface area contributed by atoms with Crippen molar-refractivity contribution in [2.24, 2.45) is 0 Å². The molecule has 0 amide bonds. The first-order valence-corrected chi connectivity index (χ1v) is 6.44. The number of hydrogen-bond acceptors (Lipinski definition) is 3. The summed E-state index contributed by atoms with van der Waals surface area (Å²) in [5.74, 6) is 0. The molecule has 1 unspecified atom stereocenters. The molecular weight excluding hydrogens is 212 g/mol. The molecule has 0 aromatic heterocycles.